The van der Waals surface area contributed by atoms with Crippen molar-refractivity contribution in [2.75, 3.05) is 25.8 Å². The Kier molecular flexibility index (Phi) is 8.84. The smallest absolute Gasteiger partial charge is 0.294 e. The SMILES string of the molecule is C=CCc1cc(/C=C2/SC(=O)N(CC(=O)Nc3ccc4c(c3)OCO4)C2=O)cc(OC)c1OCc1ccc(I)cc1. The summed E-state index contributed by atoms with van der Waals surface area (Å²) >= 11 is 3.03. The van der Waals surface area contributed by atoms with E-state index in [0.29, 0.717) is 47.3 Å². The number of nitrogens with one attached hydrogen (secondary N) is 1. The van der Waals surface area contributed by atoms with Gasteiger partial charge in [-0.05, 0) is 94.4 Å². The van der Waals surface area contributed by atoms with Crippen molar-refractivity contribution >= 4 is 63.2 Å². The number of methoxy groups -OCH3 is 1. The number of hydrogen-bond donors (Lipinski definition) is 1. The highest BCUT2D eigenvalue weighted by Gasteiger charge is 2.36. The van der Waals surface area contributed by atoms with E-state index >= 15 is 0 Å². The second-order valence-electron chi connectivity index (χ2n) is 9.00. The molecule has 0 radical (unpaired) electrons. The van der Waals surface area contributed by atoms with Crippen LogP contribution in [0.2, 0.25) is 0 Å². The molecule has 1 fully saturated rings. The predicted molar refractivity (Wildman–Crippen MR) is 164 cm³/mol. The highest BCUT2D eigenvalue weighted by molar-refractivity contribution is 14.1. The van der Waals surface area contributed by atoms with E-state index in [0.717, 1.165) is 31.4 Å². The number of hydrogen-bond acceptors (Lipinski definition) is 8. The van der Waals surface area contributed by atoms with Gasteiger partial charge in [0.05, 0.1) is 12.0 Å². The molecular weight excluding hydrogens is 659 g/mol. The largest absolute Gasteiger partial charge is 0.493 e. The summed E-state index contributed by atoms with van der Waals surface area (Å²) in [4.78, 5) is 39.5. The molecule has 0 unspecified atom stereocenters. The average Bonchev–Trinajstić information content (AvgIpc) is 3.52. The third-order valence-corrected chi connectivity index (χ3v) is 7.79. The number of halogens is 1. The molecule has 0 atom stereocenters. The van der Waals surface area contributed by atoms with Gasteiger partial charge >= 0.3 is 0 Å². The van der Waals surface area contributed by atoms with Gasteiger partial charge in [-0.2, -0.15) is 0 Å². The van der Waals surface area contributed by atoms with Crippen LogP contribution in [0.3, 0.4) is 0 Å². The molecule has 3 aromatic rings. The van der Waals surface area contributed by atoms with Gasteiger partial charge in [0.25, 0.3) is 11.1 Å². The molecule has 2 aliphatic heterocycles. The first-order chi connectivity index (χ1) is 19.8. The molecule has 1 saturated heterocycles. The lowest BCUT2D eigenvalue weighted by molar-refractivity contribution is -0.127. The van der Waals surface area contributed by atoms with Crippen molar-refractivity contribution in [3.63, 3.8) is 0 Å². The molecule has 1 N–H and O–H groups in total. The number of allylic oxidation sites excluding steroid dienone is 1. The Hall–Kier alpha value is -3.97. The van der Waals surface area contributed by atoms with Crippen molar-refractivity contribution in [1.29, 1.82) is 0 Å². The lowest BCUT2D eigenvalue weighted by Gasteiger charge is -2.16. The lowest BCUT2D eigenvalue weighted by atomic mass is 10.0. The van der Waals surface area contributed by atoms with Gasteiger partial charge in [-0.3, -0.25) is 19.3 Å². The van der Waals surface area contributed by atoms with E-state index < -0.39 is 23.6 Å². The maximum Gasteiger partial charge on any atom is 0.294 e. The zero-order valence-electron chi connectivity index (χ0n) is 22.0. The van der Waals surface area contributed by atoms with Gasteiger partial charge in [-0.1, -0.05) is 18.2 Å². The molecule has 0 saturated carbocycles. The van der Waals surface area contributed by atoms with E-state index in [1.807, 2.05) is 30.3 Å². The van der Waals surface area contributed by atoms with E-state index in [2.05, 4.69) is 34.5 Å². The van der Waals surface area contributed by atoms with Crippen molar-refractivity contribution in [2.24, 2.45) is 0 Å². The highest BCUT2D eigenvalue weighted by atomic mass is 127. The van der Waals surface area contributed by atoms with Crippen LogP contribution in [0.5, 0.6) is 23.0 Å². The summed E-state index contributed by atoms with van der Waals surface area (Å²) in [5.74, 6) is 1.09. The number of fused-ring (bicyclic) bond motifs is 1. The molecule has 11 heteroatoms. The summed E-state index contributed by atoms with van der Waals surface area (Å²) in [6.45, 7) is 3.88. The molecule has 41 heavy (non-hydrogen) atoms. The number of anilines is 1. The van der Waals surface area contributed by atoms with Crippen LogP contribution < -0.4 is 24.3 Å². The number of nitrogens with zero attached hydrogens (tertiary/aromatic N) is 1. The van der Waals surface area contributed by atoms with Crippen molar-refractivity contribution in [1.82, 2.24) is 4.90 Å². The molecule has 3 aromatic carbocycles. The van der Waals surface area contributed by atoms with Gasteiger partial charge in [-0.25, -0.2) is 0 Å². The van der Waals surface area contributed by atoms with E-state index in [1.54, 1.807) is 43.5 Å². The summed E-state index contributed by atoms with van der Waals surface area (Å²) in [6.07, 6.45) is 3.86. The molecular formula is C30H25IN2O7S. The highest BCUT2D eigenvalue weighted by Crippen LogP contribution is 2.38. The topological polar surface area (TPSA) is 103 Å². The summed E-state index contributed by atoms with van der Waals surface area (Å²) in [7, 11) is 1.54. The Labute approximate surface area is 254 Å². The first kappa shape index (κ1) is 28.6. The van der Waals surface area contributed by atoms with E-state index in [1.165, 1.54) is 0 Å². The Morgan fingerprint density at radius 1 is 1.12 bits per heavy atom. The van der Waals surface area contributed by atoms with Gasteiger partial charge in [0, 0.05) is 20.9 Å². The maximum absolute atomic E-state index is 13.1. The molecule has 5 rings (SSSR count). The van der Waals surface area contributed by atoms with Gasteiger partial charge in [0.15, 0.2) is 23.0 Å². The van der Waals surface area contributed by atoms with E-state index in [4.69, 9.17) is 18.9 Å². The average molecular weight is 685 g/mol. The normalized spacial score (nSPS) is 14.9. The number of amides is 3. The number of thioether (sulfide) groups is 1. The fourth-order valence-corrected chi connectivity index (χ4v) is 5.43. The molecule has 2 heterocycles. The van der Waals surface area contributed by atoms with Gasteiger partial charge in [-0.15, -0.1) is 6.58 Å². The standard InChI is InChI=1S/C30H25IN2O7S/c1-3-4-20-11-19(12-25(37-2)28(20)38-16-18-5-7-21(31)8-6-18)13-26-29(35)33(30(36)41-26)15-27(34)32-22-9-10-23-24(14-22)40-17-39-23/h3,5-14H,1,4,15-17H2,2H3,(H,32,34)/b26-13+. The van der Waals surface area contributed by atoms with Crippen LogP contribution in [0.25, 0.3) is 6.08 Å². The minimum absolute atomic E-state index is 0.111. The van der Waals surface area contributed by atoms with Crippen LogP contribution in [0, 0.1) is 3.57 Å². The van der Waals surface area contributed by atoms with Crippen LogP contribution in [0.4, 0.5) is 10.5 Å². The zero-order chi connectivity index (χ0) is 28.9. The van der Waals surface area contributed by atoms with E-state index in [9.17, 15) is 14.4 Å². The molecule has 0 spiro atoms. The number of rotatable bonds is 10. The zero-order valence-corrected chi connectivity index (χ0v) is 25.0. The Bertz CT molecular complexity index is 1560. The minimum Gasteiger partial charge on any atom is -0.493 e. The van der Waals surface area contributed by atoms with Crippen molar-refractivity contribution in [3.05, 3.63) is 92.4 Å². The maximum atomic E-state index is 13.1. The van der Waals surface area contributed by atoms with Crippen LogP contribution in [0.15, 0.2) is 72.2 Å². The summed E-state index contributed by atoms with van der Waals surface area (Å²) in [5, 5.41) is 2.15. The predicted octanol–water partition coefficient (Wildman–Crippen LogP) is 6.01. The monoisotopic (exact) mass is 684 g/mol. The number of imide groups is 1. The molecule has 0 aromatic heterocycles. The van der Waals surface area contributed by atoms with Gasteiger partial charge in [0.2, 0.25) is 12.7 Å². The number of benzene rings is 3. The van der Waals surface area contributed by atoms with Crippen molar-refractivity contribution in [3.8, 4) is 23.0 Å². The summed E-state index contributed by atoms with van der Waals surface area (Å²) in [6, 6.07) is 16.6. The Balaban J connectivity index is 1.30. The Morgan fingerprint density at radius 3 is 2.66 bits per heavy atom. The van der Waals surface area contributed by atoms with Crippen LogP contribution in [0.1, 0.15) is 16.7 Å². The number of carbonyl (C=O) groups is 3. The third-order valence-electron chi connectivity index (χ3n) is 6.16. The first-order valence-electron chi connectivity index (χ1n) is 12.5. The molecule has 3 amide bonds. The minimum atomic E-state index is -0.552. The van der Waals surface area contributed by atoms with Gasteiger partial charge < -0.3 is 24.3 Å². The molecule has 0 bridgehead atoms. The third kappa shape index (κ3) is 6.68. The fourth-order valence-electron chi connectivity index (χ4n) is 4.23. The first-order valence-corrected chi connectivity index (χ1v) is 14.4. The number of carbonyl (C=O) groups excluding carboxylic acids is 3. The van der Waals surface area contributed by atoms with Crippen LogP contribution in [-0.4, -0.2) is 42.4 Å². The summed E-state index contributed by atoms with van der Waals surface area (Å²) < 4.78 is 23.5. The fraction of sp³-hybridized carbons (Fsp3) is 0.167. The molecule has 2 aliphatic rings. The lowest BCUT2D eigenvalue weighted by Crippen LogP contribution is -2.36. The van der Waals surface area contributed by atoms with E-state index in [-0.39, 0.29) is 11.7 Å². The van der Waals surface area contributed by atoms with Crippen molar-refractivity contribution in [2.45, 2.75) is 13.0 Å². The van der Waals surface area contributed by atoms with Crippen LogP contribution in [-0.2, 0) is 22.6 Å². The van der Waals surface area contributed by atoms with Crippen LogP contribution >= 0.6 is 34.4 Å². The number of ether oxygens (including phenoxy) is 4. The quantitative estimate of drug-likeness (QED) is 0.158. The summed E-state index contributed by atoms with van der Waals surface area (Å²) in [5.41, 5.74) is 2.94. The second-order valence-corrected chi connectivity index (χ2v) is 11.2. The molecule has 210 valence electrons. The Morgan fingerprint density at radius 2 is 1.90 bits per heavy atom. The molecule has 0 aliphatic carbocycles. The van der Waals surface area contributed by atoms with Gasteiger partial charge in [0.1, 0.15) is 13.2 Å². The molecule has 9 nitrogen and oxygen atoms in total. The second kappa shape index (κ2) is 12.7. The van der Waals surface area contributed by atoms with Crippen molar-refractivity contribution < 1.29 is 33.3 Å².